The molecule has 0 aromatic heterocycles. The van der Waals surface area contributed by atoms with Crippen molar-refractivity contribution in [3.63, 3.8) is 0 Å². The van der Waals surface area contributed by atoms with Crippen molar-refractivity contribution >= 4 is 31.2 Å². The average Bonchev–Trinajstić information content (AvgIpc) is 2.97. The summed E-state index contributed by atoms with van der Waals surface area (Å²) in [6.45, 7) is 10.8. The minimum atomic E-state index is -0.425. The summed E-state index contributed by atoms with van der Waals surface area (Å²) in [5.41, 5.74) is 0.255. The van der Waals surface area contributed by atoms with Gasteiger partial charge in [-0.25, -0.2) is 0 Å². The summed E-state index contributed by atoms with van der Waals surface area (Å²) < 4.78 is 7.06. The molecule has 1 spiro atoms. The van der Waals surface area contributed by atoms with Crippen LogP contribution in [0.3, 0.4) is 0 Å². The summed E-state index contributed by atoms with van der Waals surface area (Å²) in [6, 6.07) is 19.5. The van der Waals surface area contributed by atoms with Crippen LogP contribution in [-0.2, 0) is 9.53 Å². The van der Waals surface area contributed by atoms with Crippen molar-refractivity contribution in [1.82, 2.24) is 0 Å². The van der Waals surface area contributed by atoms with Crippen molar-refractivity contribution in [2.24, 2.45) is 16.7 Å². The molecule has 0 saturated heterocycles. The fourth-order valence-corrected chi connectivity index (χ4v) is 8.95. The fourth-order valence-electron chi connectivity index (χ4n) is 6.08. The van der Waals surface area contributed by atoms with Gasteiger partial charge in [-0.1, -0.05) is 0 Å². The molecule has 168 valence electrons. The number of ketones is 1. The first-order valence-electron chi connectivity index (χ1n) is 11.4. The van der Waals surface area contributed by atoms with E-state index in [0.717, 1.165) is 19.3 Å². The minimum absolute atomic E-state index is 0.00516. The number of esters is 1. The zero-order valence-electron chi connectivity index (χ0n) is 19.2. The van der Waals surface area contributed by atoms with Crippen LogP contribution in [0, 0.1) is 16.7 Å². The van der Waals surface area contributed by atoms with E-state index in [1.54, 1.807) is 12.1 Å². The normalized spacial score (nSPS) is 31.4. The van der Waals surface area contributed by atoms with Crippen molar-refractivity contribution in [2.45, 2.75) is 56.9 Å². The van der Waals surface area contributed by atoms with E-state index in [-0.39, 0.29) is 43.8 Å². The van der Waals surface area contributed by atoms with E-state index < -0.39 is 4.31 Å². The standard InChI is InChI=1S/C28H32O3Se/c1-5-22-26(2,3)18-24(31-25(30)20-12-8-6-9-13-20)28(22)17-16-23(29)27(4,19-28)32-21-14-10-7-11-15-21/h5-15,22,24H,1,16-19H2,2-4H3/t22-,24-,27?,28-/m0/s1. The van der Waals surface area contributed by atoms with Crippen LogP contribution in [0.2, 0.25) is 4.31 Å². The molecule has 2 aliphatic carbocycles. The van der Waals surface area contributed by atoms with Crippen LogP contribution < -0.4 is 4.46 Å². The number of Topliss-reactive ketones (excluding diaryl/α,β-unsaturated/α-hetero) is 1. The Morgan fingerprint density at radius 3 is 2.31 bits per heavy atom. The monoisotopic (exact) mass is 496 g/mol. The van der Waals surface area contributed by atoms with Gasteiger partial charge in [0.25, 0.3) is 0 Å². The molecule has 2 aliphatic rings. The Bertz CT molecular complexity index is 1000. The van der Waals surface area contributed by atoms with E-state index in [2.05, 4.69) is 45.6 Å². The molecule has 0 N–H and O–H groups in total. The summed E-state index contributed by atoms with van der Waals surface area (Å²) >= 11 is 0.00516. The van der Waals surface area contributed by atoms with E-state index in [4.69, 9.17) is 4.74 Å². The maximum absolute atomic E-state index is 13.2. The molecule has 4 heteroatoms. The Morgan fingerprint density at radius 1 is 1.06 bits per heavy atom. The van der Waals surface area contributed by atoms with Gasteiger partial charge in [0.1, 0.15) is 0 Å². The number of carbonyl (C=O) groups excluding carboxylic acids is 2. The predicted molar refractivity (Wildman–Crippen MR) is 129 cm³/mol. The van der Waals surface area contributed by atoms with Crippen molar-refractivity contribution in [2.75, 3.05) is 0 Å². The second-order valence-electron chi connectivity index (χ2n) is 10.1. The van der Waals surface area contributed by atoms with Crippen LogP contribution in [0.5, 0.6) is 0 Å². The van der Waals surface area contributed by atoms with Crippen LogP contribution >= 0.6 is 0 Å². The Morgan fingerprint density at radius 2 is 1.69 bits per heavy atom. The molecule has 4 atom stereocenters. The second kappa shape index (κ2) is 8.65. The molecule has 1 unspecified atom stereocenters. The summed E-state index contributed by atoms with van der Waals surface area (Å²) in [6.07, 6.45) is 4.63. The third-order valence-electron chi connectivity index (χ3n) is 7.47. The van der Waals surface area contributed by atoms with Crippen molar-refractivity contribution in [3.05, 3.63) is 78.9 Å². The summed E-state index contributed by atoms with van der Waals surface area (Å²) in [5, 5.41) is 0. The number of benzene rings is 2. The van der Waals surface area contributed by atoms with Crippen LogP contribution in [0.25, 0.3) is 0 Å². The summed E-state index contributed by atoms with van der Waals surface area (Å²) in [5.74, 6) is 0.248. The number of carbonyl (C=O) groups is 2. The first-order valence-corrected chi connectivity index (χ1v) is 13.1. The van der Waals surface area contributed by atoms with Gasteiger partial charge in [-0.05, 0) is 0 Å². The molecular formula is C28H32O3Se. The van der Waals surface area contributed by atoms with Gasteiger partial charge in [-0.2, -0.15) is 0 Å². The van der Waals surface area contributed by atoms with Gasteiger partial charge in [0.05, 0.1) is 0 Å². The molecule has 2 aromatic carbocycles. The van der Waals surface area contributed by atoms with E-state index in [0.29, 0.717) is 17.8 Å². The van der Waals surface area contributed by atoms with Gasteiger partial charge in [-0.3, -0.25) is 0 Å². The number of ether oxygens (including phenoxy) is 1. The van der Waals surface area contributed by atoms with Gasteiger partial charge >= 0.3 is 198 Å². The zero-order valence-corrected chi connectivity index (χ0v) is 20.9. The summed E-state index contributed by atoms with van der Waals surface area (Å²) in [7, 11) is 0. The van der Waals surface area contributed by atoms with Crippen LogP contribution in [0.1, 0.15) is 56.8 Å². The van der Waals surface area contributed by atoms with Crippen LogP contribution in [-0.4, -0.2) is 32.8 Å². The molecule has 3 nitrogen and oxygen atoms in total. The Hall–Kier alpha value is -2.16. The Balaban J connectivity index is 1.69. The van der Waals surface area contributed by atoms with E-state index in [1.807, 2.05) is 36.4 Å². The third kappa shape index (κ3) is 4.11. The molecule has 2 aromatic rings. The maximum atomic E-state index is 13.2. The third-order valence-corrected chi connectivity index (χ3v) is 10.3. The average molecular weight is 496 g/mol. The Kier molecular flexibility index (Phi) is 6.22. The first-order chi connectivity index (χ1) is 15.2. The molecule has 0 radical (unpaired) electrons. The topological polar surface area (TPSA) is 43.4 Å². The van der Waals surface area contributed by atoms with Gasteiger partial charge in [-0.15, -0.1) is 0 Å². The molecular weight excluding hydrogens is 463 g/mol. The van der Waals surface area contributed by atoms with Crippen LogP contribution in [0.15, 0.2) is 73.3 Å². The Labute approximate surface area is 197 Å². The van der Waals surface area contributed by atoms with Gasteiger partial charge in [0.2, 0.25) is 0 Å². The number of hydrogen-bond donors (Lipinski definition) is 0. The SMILES string of the molecule is C=C[C@H]1C(C)(C)C[C@H](OC(=O)c2ccccc2)[C@]12CCC(=O)C(C)([Se]c1ccccc1)C2. The van der Waals surface area contributed by atoms with E-state index >= 15 is 0 Å². The van der Waals surface area contributed by atoms with E-state index in [9.17, 15) is 9.59 Å². The van der Waals surface area contributed by atoms with Gasteiger partial charge < -0.3 is 0 Å². The molecule has 4 rings (SSSR count). The number of allylic oxidation sites excluding steroid dienone is 1. The fraction of sp³-hybridized carbons (Fsp3) is 0.429. The van der Waals surface area contributed by atoms with Crippen molar-refractivity contribution in [3.8, 4) is 0 Å². The van der Waals surface area contributed by atoms with E-state index in [1.165, 1.54) is 4.46 Å². The van der Waals surface area contributed by atoms with Crippen molar-refractivity contribution < 1.29 is 14.3 Å². The van der Waals surface area contributed by atoms with Gasteiger partial charge in [0.15, 0.2) is 0 Å². The zero-order chi connectivity index (χ0) is 23.0. The predicted octanol–water partition coefficient (Wildman–Crippen LogP) is 5.39. The number of hydrogen-bond acceptors (Lipinski definition) is 3. The molecule has 0 bridgehead atoms. The molecule has 2 saturated carbocycles. The summed E-state index contributed by atoms with van der Waals surface area (Å²) in [4.78, 5) is 26.3. The molecule has 2 fully saturated rings. The quantitative estimate of drug-likeness (QED) is 0.317. The van der Waals surface area contributed by atoms with Crippen molar-refractivity contribution in [1.29, 1.82) is 0 Å². The molecule has 32 heavy (non-hydrogen) atoms. The molecule has 0 amide bonds. The van der Waals surface area contributed by atoms with Gasteiger partial charge in [0, 0.05) is 0 Å². The van der Waals surface area contributed by atoms with Crippen LogP contribution in [0.4, 0.5) is 0 Å². The molecule has 0 heterocycles. The number of rotatable bonds is 5. The first kappa shape index (κ1) is 23.0. The molecule has 0 aliphatic heterocycles. The second-order valence-corrected chi connectivity index (χ2v) is 13.5.